The smallest absolute Gasteiger partial charge is 0.254 e. The molecule has 2 N–H and O–H groups in total. The summed E-state index contributed by atoms with van der Waals surface area (Å²) in [5.74, 6) is 0.954. The van der Waals surface area contributed by atoms with Gasteiger partial charge in [-0.2, -0.15) is 0 Å². The third-order valence-electron chi connectivity index (χ3n) is 4.91. The van der Waals surface area contributed by atoms with Crippen LogP contribution in [0.3, 0.4) is 0 Å². The van der Waals surface area contributed by atoms with Crippen LogP contribution in [0, 0.1) is 0 Å². The zero-order chi connectivity index (χ0) is 18.8. The van der Waals surface area contributed by atoms with Crippen LogP contribution in [0.2, 0.25) is 0 Å². The fraction of sp³-hybridized carbons (Fsp3) is 0.300. The number of rotatable bonds is 4. The number of piperazine rings is 1. The zero-order valence-electron chi connectivity index (χ0n) is 15.5. The second kappa shape index (κ2) is 7.28. The van der Waals surface area contributed by atoms with Crippen molar-refractivity contribution in [2.75, 3.05) is 45.2 Å². The number of nitrogens with one attached hydrogen (secondary N) is 2. The number of ether oxygens (including phenoxy) is 1. The predicted octanol–water partition coefficient (Wildman–Crippen LogP) is 2.47. The molecule has 2 aromatic heterocycles. The van der Waals surface area contributed by atoms with E-state index in [1.807, 2.05) is 36.5 Å². The van der Waals surface area contributed by atoms with Crippen LogP contribution in [-0.2, 0) is 0 Å². The third kappa shape index (κ3) is 3.59. The van der Waals surface area contributed by atoms with Crippen molar-refractivity contribution in [3.8, 4) is 11.5 Å². The first kappa shape index (κ1) is 17.4. The molecule has 0 aliphatic carbocycles. The Bertz CT molecular complexity index is 960. The summed E-state index contributed by atoms with van der Waals surface area (Å²) >= 11 is 0. The second-order valence-corrected chi connectivity index (χ2v) is 6.74. The molecule has 1 fully saturated rings. The van der Waals surface area contributed by atoms with Crippen LogP contribution in [0.5, 0.6) is 11.5 Å². The Labute approximate surface area is 157 Å². The molecule has 1 aromatic carbocycles. The minimum Gasteiger partial charge on any atom is -0.455 e. The van der Waals surface area contributed by atoms with Crippen molar-refractivity contribution in [1.29, 1.82) is 0 Å². The number of carbonyl (C=O) groups is 1. The molecular weight excluding hydrogens is 342 g/mol. The average molecular weight is 365 g/mol. The van der Waals surface area contributed by atoms with Crippen LogP contribution in [-0.4, -0.2) is 61.0 Å². The number of likely N-dealkylation sites (N-methyl/N-ethyl adjacent to an activating group) is 1. The summed E-state index contributed by atoms with van der Waals surface area (Å²) in [5, 5.41) is 3.64. The number of H-pyrrole nitrogens is 1. The molecule has 1 aliphatic heterocycles. The summed E-state index contributed by atoms with van der Waals surface area (Å²) in [7, 11) is 3.75. The van der Waals surface area contributed by atoms with Crippen LogP contribution in [0.1, 0.15) is 10.4 Å². The van der Waals surface area contributed by atoms with Crippen molar-refractivity contribution in [1.82, 2.24) is 20.2 Å². The van der Waals surface area contributed by atoms with E-state index in [1.54, 1.807) is 13.2 Å². The summed E-state index contributed by atoms with van der Waals surface area (Å²) in [6.45, 7) is 3.93. The molecule has 7 nitrogen and oxygen atoms in total. The maximum Gasteiger partial charge on any atom is 0.254 e. The van der Waals surface area contributed by atoms with Crippen LogP contribution < -0.4 is 15.0 Å². The molecule has 0 radical (unpaired) electrons. The monoisotopic (exact) mass is 365 g/mol. The number of fused-ring (bicyclic) bond motifs is 1. The normalized spacial score (nSPS) is 15.1. The number of anilines is 1. The fourth-order valence-electron chi connectivity index (χ4n) is 3.28. The lowest BCUT2D eigenvalue weighted by atomic mass is 10.1. The van der Waals surface area contributed by atoms with Gasteiger partial charge in [0.05, 0.1) is 11.8 Å². The van der Waals surface area contributed by atoms with E-state index in [2.05, 4.69) is 32.1 Å². The topological polar surface area (TPSA) is 73.5 Å². The number of amides is 1. The maximum absolute atomic E-state index is 12.3. The number of pyridine rings is 1. The summed E-state index contributed by atoms with van der Waals surface area (Å²) in [4.78, 5) is 24.3. The number of aromatic nitrogens is 2. The number of nitrogens with zero attached hydrogens (tertiary/aromatic N) is 3. The maximum atomic E-state index is 12.3. The average Bonchev–Trinajstić information content (AvgIpc) is 3.16. The molecule has 0 atom stereocenters. The van der Waals surface area contributed by atoms with E-state index in [1.165, 1.54) is 0 Å². The van der Waals surface area contributed by atoms with Gasteiger partial charge in [0.15, 0.2) is 0 Å². The highest BCUT2D eigenvalue weighted by atomic mass is 16.5. The predicted molar refractivity (Wildman–Crippen MR) is 106 cm³/mol. The van der Waals surface area contributed by atoms with E-state index in [0.717, 1.165) is 42.9 Å². The summed E-state index contributed by atoms with van der Waals surface area (Å²) in [5.41, 5.74) is 2.37. The van der Waals surface area contributed by atoms with Crippen LogP contribution >= 0.6 is 0 Å². The van der Waals surface area contributed by atoms with E-state index < -0.39 is 0 Å². The Morgan fingerprint density at radius 3 is 2.78 bits per heavy atom. The standard InChI is InChI=1S/C20H23N5O2/c1-21-20(26)17-4-3-15(25-9-7-24(2)8-10-25)12-18(17)27-16-11-14-5-6-22-19(14)23-13-16/h3-6,11-13H,7-10H2,1-2H3,(H,21,26)(H,22,23). The molecule has 0 unspecified atom stereocenters. The largest absolute Gasteiger partial charge is 0.455 e. The van der Waals surface area contributed by atoms with E-state index in [9.17, 15) is 4.79 Å². The first-order chi connectivity index (χ1) is 13.1. The number of hydrogen-bond acceptors (Lipinski definition) is 5. The van der Waals surface area contributed by atoms with Crippen molar-refractivity contribution in [2.24, 2.45) is 0 Å². The van der Waals surface area contributed by atoms with Gasteiger partial charge in [0.2, 0.25) is 0 Å². The fourth-order valence-corrected chi connectivity index (χ4v) is 3.28. The van der Waals surface area contributed by atoms with Crippen LogP contribution in [0.15, 0.2) is 42.7 Å². The van der Waals surface area contributed by atoms with Gasteiger partial charge in [-0.3, -0.25) is 4.79 Å². The van der Waals surface area contributed by atoms with Crippen molar-refractivity contribution >= 4 is 22.6 Å². The van der Waals surface area contributed by atoms with Crippen molar-refractivity contribution in [3.63, 3.8) is 0 Å². The molecule has 0 saturated carbocycles. The highest BCUT2D eigenvalue weighted by molar-refractivity contribution is 5.97. The zero-order valence-corrected chi connectivity index (χ0v) is 15.5. The molecule has 27 heavy (non-hydrogen) atoms. The van der Waals surface area contributed by atoms with E-state index in [-0.39, 0.29) is 5.91 Å². The molecule has 3 aromatic rings. The highest BCUT2D eigenvalue weighted by Gasteiger charge is 2.18. The van der Waals surface area contributed by atoms with Gasteiger partial charge in [-0.1, -0.05) is 0 Å². The number of hydrogen-bond donors (Lipinski definition) is 2. The van der Waals surface area contributed by atoms with E-state index in [0.29, 0.717) is 17.1 Å². The molecule has 140 valence electrons. The molecule has 1 amide bonds. The number of aromatic amines is 1. The molecule has 1 aliphatic rings. The Balaban J connectivity index is 1.66. The molecular formula is C20H23N5O2. The SMILES string of the molecule is CNC(=O)c1ccc(N2CCN(C)CC2)cc1Oc1cnc2[nH]ccc2c1. The van der Waals surface area contributed by atoms with Gasteiger partial charge in [-0.25, -0.2) is 4.98 Å². The first-order valence-electron chi connectivity index (χ1n) is 9.04. The lowest BCUT2D eigenvalue weighted by molar-refractivity contribution is 0.0961. The lowest BCUT2D eigenvalue weighted by Gasteiger charge is -2.34. The number of benzene rings is 1. The lowest BCUT2D eigenvalue weighted by Crippen LogP contribution is -2.44. The van der Waals surface area contributed by atoms with Gasteiger partial charge in [-0.15, -0.1) is 0 Å². The van der Waals surface area contributed by atoms with E-state index >= 15 is 0 Å². The molecule has 7 heteroatoms. The molecule has 4 rings (SSSR count). The Morgan fingerprint density at radius 1 is 1.19 bits per heavy atom. The minimum atomic E-state index is -0.175. The van der Waals surface area contributed by atoms with Crippen LogP contribution in [0.25, 0.3) is 11.0 Å². The molecule has 3 heterocycles. The van der Waals surface area contributed by atoms with Gasteiger partial charge in [0.25, 0.3) is 5.91 Å². The van der Waals surface area contributed by atoms with E-state index in [4.69, 9.17) is 4.74 Å². The third-order valence-corrected chi connectivity index (χ3v) is 4.91. The van der Waals surface area contributed by atoms with Gasteiger partial charge >= 0.3 is 0 Å². The van der Waals surface area contributed by atoms with Gasteiger partial charge in [-0.05, 0) is 31.3 Å². The quantitative estimate of drug-likeness (QED) is 0.743. The highest BCUT2D eigenvalue weighted by Crippen LogP contribution is 2.31. The summed E-state index contributed by atoms with van der Waals surface area (Å²) < 4.78 is 6.09. The second-order valence-electron chi connectivity index (χ2n) is 6.74. The number of carbonyl (C=O) groups excluding carboxylic acids is 1. The van der Waals surface area contributed by atoms with Gasteiger partial charge < -0.3 is 24.8 Å². The molecule has 0 bridgehead atoms. The minimum absolute atomic E-state index is 0.175. The summed E-state index contributed by atoms with van der Waals surface area (Å²) in [6.07, 6.45) is 3.50. The van der Waals surface area contributed by atoms with Gasteiger partial charge in [0, 0.05) is 56.6 Å². The van der Waals surface area contributed by atoms with Gasteiger partial charge in [0.1, 0.15) is 17.1 Å². The van der Waals surface area contributed by atoms with Crippen molar-refractivity contribution in [3.05, 3.63) is 48.3 Å². The summed E-state index contributed by atoms with van der Waals surface area (Å²) in [6, 6.07) is 9.60. The van der Waals surface area contributed by atoms with Crippen LogP contribution in [0.4, 0.5) is 5.69 Å². The van der Waals surface area contributed by atoms with Crippen molar-refractivity contribution in [2.45, 2.75) is 0 Å². The molecule has 0 spiro atoms. The molecule has 1 saturated heterocycles. The first-order valence-corrected chi connectivity index (χ1v) is 9.04. The Hall–Kier alpha value is -3.06. The van der Waals surface area contributed by atoms with Crippen molar-refractivity contribution < 1.29 is 9.53 Å². The Morgan fingerprint density at radius 2 is 2.00 bits per heavy atom. The Kier molecular flexibility index (Phi) is 4.68.